The van der Waals surface area contributed by atoms with Gasteiger partial charge in [-0.15, -0.1) is 0 Å². The van der Waals surface area contributed by atoms with Gasteiger partial charge in [-0.2, -0.15) is 0 Å². The van der Waals surface area contributed by atoms with Crippen molar-refractivity contribution >= 4 is 11.9 Å². The minimum Gasteiger partial charge on any atom is -0.481 e. The number of nitrogens with two attached hydrogens (primary N) is 1. The second-order valence-electron chi connectivity index (χ2n) is 1.20. The molecule has 0 aromatic heterocycles. The molecule has 8 heavy (non-hydrogen) atoms. The Labute approximate surface area is 46.3 Å². The third-order valence-corrected chi connectivity index (χ3v) is 0.478. The lowest BCUT2D eigenvalue weighted by Crippen LogP contribution is -2.12. The minimum atomic E-state index is -1.05. The second-order valence-corrected chi connectivity index (χ2v) is 1.20. The molecule has 0 bridgehead atoms. The molecule has 0 saturated carbocycles. The van der Waals surface area contributed by atoms with Gasteiger partial charge >= 0.3 is 5.97 Å². The van der Waals surface area contributed by atoms with E-state index in [1.165, 1.54) is 0 Å². The molecule has 0 saturated heterocycles. The first kappa shape index (κ1) is 6.94. The van der Waals surface area contributed by atoms with Crippen molar-refractivity contribution in [1.29, 1.82) is 0 Å². The summed E-state index contributed by atoms with van der Waals surface area (Å²) in [6.07, 6.45) is 0.609. The van der Waals surface area contributed by atoms with E-state index in [1.54, 1.807) is 0 Å². The number of carbonyl (C=O) groups is 2. The average Bonchev–Trinajstić information content (AvgIpc) is 1.61. The van der Waals surface area contributed by atoms with E-state index in [9.17, 15) is 9.59 Å². The molecule has 1 amide bonds. The van der Waals surface area contributed by atoms with Crippen LogP contribution in [-0.4, -0.2) is 17.0 Å². The van der Waals surface area contributed by atoms with Crippen LogP contribution in [0.1, 0.15) is 6.42 Å². The number of rotatable bonds is 3. The molecule has 0 aliphatic heterocycles. The summed E-state index contributed by atoms with van der Waals surface area (Å²) in [5.41, 5.74) is 4.58. The Morgan fingerprint density at radius 3 is 2.25 bits per heavy atom. The van der Waals surface area contributed by atoms with Crippen LogP contribution in [0.25, 0.3) is 0 Å². The maximum Gasteiger partial charge on any atom is 0.304 e. The van der Waals surface area contributed by atoms with Gasteiger partial charge in [-0.25, -0.2) is 0 Å². The maximum absolute atomic E-state index is 9.81. The van der Waals surface area contributed by atoms with E-state index < -0.39 is 11.9 Å². The van der Waals surface area contributed by atoms with Gasteiger partial charge in [0.2, 0.25) is 5.91 Å². The number of amides is 1. The van der Waals surface area contributed by atoms with Gasteiger partial charge in [-0.1, -0.05) is 0 Å². The summed E-state index contributed by atoms with van der Waals surface area (Å²) < 4.78 is 0. The van der Waals surface area contributed by atoms with Crippen LogP contribution in [0, 0.1) is 6.42 Å². The highest BCUT2D eigenvalue weighted by molar-refractivity contribution is 5.87. The Balaban J connectivity index is 3.18. The quantitative estimate of drug-likeness (QED) is 0.504. The van der Waals surface area contributed by atoms with Gasteiger partial charge in [0.15, 0.2) is 0 Å². The monoisotopic (exact) mass is 116 g/mol. The van der Waals surface area contributed by atoms with E-state index in [-0.39, 0.29) is 6.42 Å². The Hall–Kier alpha value is -1.06. The van der Waals surface area contributed by atoms with Crippen LogP contribution < -0.4 is 5.73 Å². The maximum atomic E-state index is 9.81. The molecule has 0 heterocycles. The summed E-state index contributed by atoms with van der Waals surface area (Å²) in [4.78, 5) is 19.5. The first-order valence-corrected chi connectivity index (χ1v) is 1.97. The fourth-order valence-corrected chi connectivity index (χ4v) is 0.188. The molecule has 0 spiro atoms. The highest BCUT2D eigenvalue weighted by Crippen LogP contribution is 1.82. The standard InChI is InChI=1S/C4H6NO3/c5-3(6)1-2-4(7)8/h1H,2H2,(H2,5,6)(H,7,8). The summed E-state index contributed by atoms with van der Waals surface area (Å²) >= 11 is 0. The Kier molecular flexibility index (Phi) is 2.61. The molecule has 3 N–H and O–H groups in total. The Morgan fingerprint density at radius 1 is 1.62 bits per heavy atom. The summed E-state index contributed by atoms with van der Waals surface area (Å²) in [5, 5.41) is 7.92. The van der Waals surface area contributed by atoms with E-state index in [4.69, 9.17) is 5.11 Å². The minimum absolute atomic E-state index is 0.296. The smallest absolute Gasteiger partial charge is 0.304 e. The molecule has 4 heteroatoms. The third kappa shape index (κ3) is 4.94. The first-order chi connectivity index (χ1) is 3.63. The van der Waals surface area contributed by atoms with Crippen LogP contribution in [-0.2, 0) is 9.59 Å². The summed E-state index contributed by atoms with van der Waals surface area (Å²) in [6, 6.07) is 0. The number of aliphatic carboxylic acids is 1. The molecule has 1 radical (unpaired) electrons. The van der Waals surface area contributed by atoms with Crippen LogP contribution in [0.3, 0.4) is 0 Å². The molecule has 4 nitrogen and oxygen atoms in total. The van der Waals surface area contributed by atoms with Gasteiger partial charge < -0.3 is 10.8 Å². The average molecular weight is 116 g/mol. The first-order valence-electron chi connectivity index (χ1n) is 1.97. The van der Waals surface area contributed by atoms with Crippen molar-refractivity contribution in [2.75, 3.05) is 0 Å². The molecule has 0 aromatic carbocycles. The van der Waals surface area contributed by atoms with E-state index in [1.807, 2.05) is 0 Å². The van der Waals surface area contributed by atoms with E-state index in [0.717, 1.165) is 6.42 Å². The van der Waals surface area contributed by atoms with Crippen LogP contribution in [0.5, 0.6) is 0 Å². The van der Waals surface area contributed by atoms with Crippen molar-refractivity contribution < 1.29 is 14.7 Å². The number of carbonyl (C=O) groups excluding carboxylic acids is 1. The fraction of sp³-hybridized carbons (Fsp3) is 0.250. The molecule has 0 aliphatic rings. The topological polar surface area (TPSA) is 80.4 Å². The zero-order chi connectivity index (χ0) is 6.57. The highest BCUT2D eigenvalue weighted by atomic mass is 16.4. The molecule has 0 aliphatic carbocycles. The number of carboxylic acid groups (broad SMARTS) is 1. The van der Waals surface area contributed by atoms with Crippen LogP contribution >= 0.6 is 0 Å². The molecule has 45 valence electrons. The SMILES string of the molecule is NC(=O)[CH]CC(=O)O. The van der Waals surface area contributed by atoms with Crippen molar-refractivity contribution in [3.8, 4) is 0 Å². The second kappa shape index (κ2) is 3.01. The lowest BCUT2D eigenvalue weighted by atomic mass is 10.3. The van der Waals surface area contributed by atoms with Gasteiger partial charge in [0, 0.05) is 0 Å². The van der Waals surface area contributed by atoms with Crippen molar-refractivity contribution in [1.82, 2.24) is 0 Å². The van der Waals surface area contributed by atoms with Gasteiger partial charge in [0.1, 0.15) is 0 Å². The summed E-state index contributed by atoms with van der Waals surface area (Å²) in [5.74, 6) is -1.75. The lowest BCUT2D eigenvalue weighted by molar-refractivity contribution is -0.137. The molecular formula is C4H6NO3. The predicted molar refractivity (Wildman–Crippen MR) is 25.7 cm³/mol. The Bertz CT molecular complexity index is 95.9. The zero-order valence-corrected chi connectivity index (χ0v) is 4.13. The van der Waals surface area contributed by atoms with Crippen molar-refractivity contribution in [3.63, 3.8) is 0 Å². The largest absolute Gasteiger partial charge is 0.481 e. The molecule has 0 atom stereocenters. The van der Waals surface area contributed by atoms with Gasteiger partial charge in [0.25, 0.3) is 0 Å². The number of carboxylic acids is 1. The van der Waals surface area contributed by atoms with E-state index >= 15 is 0 Å². The van der Waals surface area contributed by atoms with Gasteiger partial charge in [-0.3, -0.25) is 9.59 Å². The highest BCUT2D eigenvalue weighted by Gasteiger charge is 1.99. The molecule has 0 fully saturated rings. The fourth-order valence-electron chi connectivity index (χ4n) is 0.188. The normalized spacial score (nSPS) is 8.50. The third-order valence-electron chi connectivity index (χ3n) is 0.478. The van der Waals surface area contributed by atoms with Crippen LogP contribution in [0.2, 0.25) is 0 Å². The zero-order valence-electron chi connectivity index (χ0n) is 4.13. The van der Waals surface area contributed by atoms with Crippen LogP contribution in [0.15, 0.2) is 0 Å². The molecule has 0 aromatic rings. The van der Waals surface area contributed by atoms with Crippen LogP contribution in [0.4, 0.5) is 0 Å². The number of hydrogen-bond acceptors (Lipinski definition) is 2. The van der Waals surface area contributed by atoms with Crippen molar-refractivity contribution in [3.05, 3.63) is 6.42 Å². The number of primary amides is 1. The lowest BCUT2D eigenvalue weighted by Gasteiger charge is -1.85. The summed E-state index contributed by atoms with van der Waals surface area (Å²) in [7, 11) is 0. The molecule has 0 unspecified atom stereocenters. The van der Waals surface area contributed by atoms with Crippen molar-refractivity contribution in [2.45, 2.75) is 6.42 Å². The van der Waals surface area contributed by atoms with E-state index in [2.05, 4.69) is 5.73 Å². The van der Waals surface area contributed by atoms with Gasteiger partial charge in [0.05, 0.1) is 12.8 Å². The Morgan fingerprint density at radius 2 is 2.12 bits per heavy atom. The molecule has 0 rings (SSSR count). The van der Waals surface area contributed by atoms with Gasteiger partial charge in [-0.05, 0) is 0 Å². The number of hydrogen-bond donors (Lipinski definition) is 2. The van der Waals surface area contributed by atoms with Crippen molar-refractivity contribution in [2.24, 2.45) is 5.73 Å². The molecular weight excluding hydrogens is 110 g/mol. The van der Waals surface area contributed by atoms with E-state index in [0.29, 0.717) is 0 Å². The summed E-state index contributed by atoms with van der Waals surface area (Å²) in [6.45, 7) is 0. The predicted octanol–water partition coefficient (Wildman–Crippen LogP) is -0.849.